The molecule has 0 saturated heterocycles. The molecule has 0 radical (unpaired) electrons. The van der Waals surface area contributed by atoms with Gasteiger partial charge in [-0.2, -0.15) is 9.97 Å². The molecule has 1 aromatic heterocycles. The standard InChI is InChI=1S/C8H13F2N5O/c9-5(10)4-16-2-1-13-7-3-6(11)14-8(12)15-7/h3,5H,1-2,4H2,(H5,11,12,13,14,15). The lowest BCUT2D eigenvalue weighted by Crippen LogP contribution is -2.14. The van der Waals surface area contributed by atoms with Gasteiger partial charge in [0.05, 0.1) is 6.61 Å². The average molecular weight is 233 g/mol. The van der Waals surface area contributed by atoms with Crippen molar-refractivity contribution >= 4 is 17.6 Å². The monoisotopic (exact) mass is 233 g/mol. The van der Waals surface area contributed by atoms with Crippen molar-refractivity contribution in [2.45, 2.75) is 6.43 Å². The predicted molar refractivity (Wildman–Crippen MR) is 56.2 cm³/mol. The number of rotatable bonds is 6. The van der Waals surface area contributed by atoms with E-state index >= 15 is 0 Å². The molecule has 90 valence electrons. The van der Waals surface area contributed by atoms with Gasteiger partial charge in [-0.1, -0.05) is 0 Å². The Bertz CT molecular complexity index is 316. The van der Waals surface area contributed by atoms with Gasteiger partial charge in [-0.05, 0) is 0 Å². The second-order valence-electron chi connectivity index (χ2n) is 2.93. The van der Waals surface area contributed by atoms with E-state index in [1.165, 1.54) is 6.07 Å². The van der Waals surface area contributed by atoms with E-state index in [1.54, 1.807) is 0 Å². The fraction of sp³-hybridized carbons (Fsp3) is 0.500. The minimum Gasteiger partial charge on any atom is -0.383 e. The Balaban J connectivity index is 2.26. The Morgan fingerprint density at radius 3 is 2.75 bits per heavy atom. The summed E-state index contributed by atoms with van der Waals surface area (Å²) in [7, 11) is 0. The maximum atomic E-state index is 11.7. The molecule has 16 heavy (non-hydrogen) atoms. The summed E-state index contributed by atoms with van der Waals surface area (Å²) in [6.07, 6.45) is -2.45. The van der Waals surface area contributed by atoms with Crippen LogP contribution in [0.3, 0.4) is 0 Å². The van der Waals surface area contributed by atoms with Crippen LogP contribution in [0.1, 0.15) is 0 Å². The van der Waals surface area contributed by atoms with E-state index < -0.39 is 13.0 Å². The molecule has 0 unspecified atom stereocenters. The first-order chi connectivity index (χ1) is 7.58. The lowest BCUT2D eigenvalue weighted by Gasteiger charge is -2.07. The highest BCUT2D eigenvalue weighted by Crippen LogP contribution is 2.08. The molecule has 0 fully saturated rings. The molecule has 1 rings (SSSR count). The zero-order valence-corrected chi connectivity index (χ0v) is 8.49. The molecule has 0 spiro atoms. The minimum atomic E-state index is -2.45. The average Bonchev–Trinajstić information content (AvgIpc) is 2.15. The predicted octanol–water partition coefficient (Wildman–Crippen LogP) is 0.335. The summed E-state index contributed by atoms with van der Waals surface area (Å²) in [5.74, 6) is 0.727. The normalized spacial score (nSPS) is 10.7. The van der Waals surface area contributed by atoms with Gasteiger partial charge in [-0.3, -0.25) is 0 Å². The first kappa shape index (κ1) is 12.4. The second-order valence-corrected chi connectivity index (χ2v) is 2.93. The number of halogens is 2. The van der Waals surface area contributed by atoms with Crippen molar-refractivity contribution in [1.82, 2.24) is 9.97 Å². The van der Waals surface area contributed by atoms with E-state index in [4.69, 9.17) is 11.5 Å². The number of nitrogen functional groups attached to an aromatic ring is 2. The molecular weight excluding hydrogens is 220 g/mol. The number of nitrogens with one attached hydrogen (secondary N) is 1. The van der Waals surface area contributed by atoms with Crippen LogP contribution in [0.4, 0.5) is 26.4 Å². The minimum absolute atomic E-state index is 0.0519. The number of alkyl halides is 2. The summed E-state index contributed by atoms with van der Waals surface area (Å²) >= 11 is 0. The fourth-order valence-electron chi connectivity index (χ4n) is 1.000. The van der Waals surface area contributed by atoms with Crippen molar-refractivity contribution in [3.05, 3.63) is 6.07 Å². The summed E-state index contributed by atoms with van der Waals surface area (Å²) in [5, 5.41) is 2.82. The Morgan fingerprint density at radius 1 is 1.38 bits per heavy atom. The van der Waals surface area contributed by atoms with Gasteiger partial charge in [0.25, 0.3) is 6.43 Å². The largest absolute Gasteiger partial charge is 0.383 e. The number of hydrogen-bond acceptors (Lipinski definition) is 6. The molecular formula is C8H13F2N5O. The number of nitrogens with two attached hydrogens (primary N) is 2. The van der Waals surface area contributed by atoms with E-state index in [9.17, 15) is 8.78 Å². The summed E-state index contributed by atoms with van der Waals surface area (Å²) in [4.78, 5) is 7.51. The van der Waals surface area contributed by atoms with Crippen LogP contribution in [0, 0.1) is 0 Å². The third kappa shape index (κ3) is 4.69. The van der Waals surface area contributed by atoms with Crippen LogP contribution < -0.4 is 16.8 Å². The fourth-order valence-corrected chi connectivity index (χ4v) is 1.000. The molecule has 8 heteroatoms. The van der Waals surface area contributed by atoms with Crippen molar-refractivity contribution in [2.24, 2.45) is 0 Å². The SMILES string of the molecule is Nc1cc(NCCOCC(F)F)nc(N)n1. The Hall–Kier alpha value is -1.70. The summed E-state index contributed by atoms with van der Waals surface area (Å²) in [5.41, 5.74) is 10.8. The maximum Gasteiger partial charge on any atom is 0.261 e. The van der Waals surface area contributed by atoms with Gasteiger partial charge in [0.2, 0.25) is 5.95 Å². The van der Waals surface area contributed by atoms with Crippen LogP contribution in [0.15, 0.2) is 6.07 Å². The number of ether oxygens (including phenoxy) is 1. The van der Waals surface area contributed by atoms with Gasteiger partial charge in [0.1, 0.15) is 18.2 Å². The van der Waals surface area contributed by atoms with Crippen LogP contribution >= 0.6 is 0 Å². The molecule has 6 nitrogen and oxygen atoms in total. The van der Waals surface area contributed by atoms with Gasteiger partial charge >= 0.3 is 0 Å². The van der Waals surface area contributed by atoms with Gasteiger partial charge in [-0.25, -0.2) is 8.78 Å². The van der Waals surface area contributed by atoms with E-state index in [2.05, 4.69) is 20.0 Å². The molecule has 1 heterocycles. The summed E-state index contributed by atoms with van der Waals surface area (Å²) < 4.78 is 28.0. The molecule has 0 aliphatic carbocycles. The van der Waals surface area contributed by atoms with E-state index in [1.807, 2.05) is 0 Å². The van der Waals surface area contributed by atoms with Crippen molar-refractivity contribution in [2.75, 3.05) is 36.5 Å². The number of aromatic nitrogens is 2. The number of nitrogens with zero attached hydrogens (tertiary/aromatic N) is 2. The van der Waals surface area contributed by atoms with Gasteiger partial charge in [0.15, 0.2) is 0 Å². The van der Waals surface area contributed by atoms with Crippen LogP contribution in [0.25, 0.3) is 0 Å². The molecule has 5 N–H and O–H groups in total. The van der Waals surface area contributed by atoms with Crippen molar-refractivity contribution < 1.29 is 13.5 Å². The van der Waals surface area contributed by atoms with Crippen molar-refractivity contribution in [1.29, 1.82) is 0 Å². The highest BCUT2D eigenvalue weighted by molar-refractivity contribution is 5.48. The molecule has 0 bridgehead atoms. The third-order valence-electron chi connectivity index (χ3n) is 1.56. The van der Waals surface area contributed by atoms with Crippen LogP contribution in [-0.2, 0) is 4.74 Å². The highest BCUT2D eigenvalue weighted by atomic mass is 19.3. The van der Waals surface area contributed by atoms with Gasteiger partial charge in [-0.15, -0.1) is 0 Å². The number of anilines is 3. The topological polar surface area (TPSA) is 99.1 Å². The number of hydrogen-bond donors (Lipinski definition) is 3. The quantitative estimate of drug-likeness (QED) is 0.612. The third-order valence-corrected chi connectivity index (χ3v) is 1.56. The van der Waals surface area contributed by atoms with Crippen molar-refractivity contribution in [3.63, 3.8) is 0 Å². The van der Waals surface area contributed by atoms with E-state index in [-0.39, 0.29) is 18.4 Å². The zero-order chi connectivity index (χ0) is 12.0. The van der Waals surface area contributed by atoms with Crippen LogP contribution in [0.5, 0.6) is 0 Å². The second kappa shape index (κ2) is 6.01. The highest BCUT2D eigenvalue weighted by Gasteiger charge is 2.02. The zero-order valence-electron chi connectivity index (χ0n) is 8.49. The van der Waals surface area contributed by atoms with Crippen LogP contribution in [0.2, 0.25) is 0 Å². The lowest BCUT2D eigenvalue weighted by molar-refractivity contribution is 0.0215. The Morgan fingerprint density at radius 2 is 2.12 bits per heavy atom. The smallest absolute Gasteiger partial charge is 0.261 e. The summed E-state index contributed by atoms with van der Waals surface area (Å²) in [6.45, 7) is -0.0908. The van der Waals surface area contributed by atoms with E-state index in [0.717, 1.165) is 0 Å². The molecule has 0 atom stereocenters. The molecule has 0 aliphatic rings. The maximum absolute atomic E-state index is 11.7. The molecule has 0 aromatic carbocycles. The van der Waals surface area contributed by atoms with Crippen LogP contribution in [-0.4, -0.2) is 36.2 Å². The molecule has 0 aliphatic heterocycles. The molecule has 1 aromatic rings. The molecule has 0 amide bonds. The van der Waals surface area contributed by atoms with Crippen molar-refractivity contribution in [3.8, 4) is 0 Å². The first-order valence-corrected chi connectivity index (χ1v) is 4.57. The Labute approximate surface area is 91.0 Å². The Kier molecular flexibility index (Phi) is 4.65. The lowest BCUT2D eigenvalue weighted by atomic mass is 10.5. The molecule has 0 saturated carbocycles. The van der Waals surface area contributed by atoms with Gasteiger partial charge < -0.3 is 21.5 Å². The first-order valence-electron chi connectivity index (χ1n) is 4.57. The van der Waals surface area contributed by atoms with Gasteiger partial charge in [0, 0.05) is 12.6 Å². The summed E-state index contributed by atoms with van der Waals surface area (Å²) in [6, 6.07) is 1.49. The van der Waals surface area contributed by atoms with E-state index in [0.29, 0.717) is 12.4 Å².